The lowest BCUT2D eigenvalue weighted by molar-refractivity contribution is -0.330. The summed E-state index contributed by atoms with van der Waals surface area (Å²) in [7, 11) is 0. The minimum atomic E-state index is -2.34. The van der Waals surface area contributed by atoms with Crippen molar-refractivity contribution >= 4 is 0 Å². The smallest absolute Gasteiger partial charge is 0.195 e. The molecule has 0 aromatic carbocycles. The summed E-state index contributed by atoms with van der Waals surface area (Å²) in [6, 6.07) is 0. The maximum atomic E-state index is 10.4. The molecule has 0 radical (unpaired) electrons. The van der Waals surface area contributed by atoms with E-state index < -0.39 is 42.8 Å². The Hall–Kier alpha value is -0.200. The molecule has 9 atom stereocenters. The molecule has 1 saturated carbocycles. The largest absolute Gasteiger partial charge is 0.388 e. The van der Waals surface area contributed by atoms with Gasteiger partial charge in [0.1, 0.15) is 11.7 Å². The summed E-state index contributed by atoms with van der Waals surface area (Å²) >= 11 is 0. The Labute approximate surface area is 123 Å². The standard InChI is InChI=1S/C15H24O5/c1-7-4-5-9-8(2)12(17)18-13-15(9)10(7)6-11(16)14(3,19-13)20-15/h7-13,16-17H,4-6H2,1-3H3/t7-,8+,9+,10+,11-,12?,13+,14-,15+/m1/s1/i2D3. The van der Waals surface area contributed by atoms with E-state index in [-0.39, 0.29) is 17.8 Å². The highest BCUT2D eigenvalue weighted by molar-refractivity contribution is 5.14. The third-order valence-corrected chi connectivity index (χ3v) is 5.95. The molecule has 0 aromatic rings. The summed E-state index contributed by atoms with van der Waals surface area (Å²) in [6.45, 7) is 1.42. The van der Waals surface area contributed by atoms with Crippen molar-refractivity contribution in [1.82, 2.24) is 0 Å². The van der Waals surface area contributed by atoms with Gasteiger partial charge in [-0.3, -0.25) is 0 Å². The Kier molecular flexibility index (Phi) is 2.08. The number of aliphatic hydroxyl groups is 2. The fourth-order valence-electron chi connectivity index (χ4n) is 4.84. The zero-order valence-electron chi connectivity index (χ0n) is 14.8. The molecule has 114 valence electrons. The van der Waals surface area contributed by atoms with Gasteiger partial charge < -0.3 is 24.4 Å². The molecule has 20 heavy (non-hydrogen) atoms. The van der Waals surface area contributed by atoms with Gasteiger partial charge >= 0.3 is 0 Å². The first kappa shape index (κ1) is 10.5. The normalized spacial score (nSPS) is 67.8. The maximum Gasteiger partial charge on any atom is 0.195 e. The Morgan fingerprint density at radius 2 is 2.05 bits per heavy atom. The van der Waals surface area contributed by atoms with Gasteiger partial charge in [-0.1, -0.05) is 13.8 Å². The average Bonchev–Trinajstić information content (AvgIpc) is 2.67. The van der Waals surface area contributed by atoms with E-state index in [2.05, 4.69) is 6.92 Å². The molecule has 5 heteroatoms. The predicted molar refractivity (Wildman–Crippen MR) is 69.4 cm³/mol. The summed E-state index contributed by atoms with van der Waals surface area (Å²) in [5.41, 5.74) is -0.899. The molecule has 1 spiro atoms. The van der Waals surface area contributed by atoms with Gasteiger partial charge in [-0.15, -0.1) is 0 Å². The Morgan fingerprint density at radius 1 is 1.25 bits per heavy atom. The first-order valence-electron chi connectivity index (χ1n) is 8.99. The van der Waals surface area contributed by atoms with Crippen molar-refractivity contribution in [3.8, 4) is 0 Å². The third kappa shape index (κ3) is 1.40. The van der Waals surface area contributed by atoms with Crippen molar-refractivity contribution < 1.29 is 28.5 Å². The van der Waals surface area contributed by atoms with Crippen LogP contribution >= 0.6 is 0 Å². The minimum Gasteiger partial charge on any atom is -0.388 e. The third-order valence-electron chi connectivity index (χ3n) is 5.95. The van der Waals surface area contributed by atoms with Crippen LogP contribution in [0.2, 0.25) is 0 Å². The van der Waals surface area contributed by atoms with Gasteiger partial charge in [0.05, 0.1) is 0 Å². The van der Waals surface area contributed by atoms with E-state index in [1.54, 1.807) is 6.92 Å². The Balaban J connectivity index is 1.83. The first-order chi connectivity index (χ1) is 10.6. The first-order valence-corrected chi connectivity index (χ1v) is 7.49. The highest BCUT2D eigenvalue weighted by Gasteiger charge is 2.73. The molecule has 0 aromatic heterocycles. The van der Waals surface area contributed by atoms with Crippen molar-refractivity contribution in [2.75, 3.05) is 0 Å². The number of rotatable bonds is 0. The SMILES string of the molecule is [2H]C([2H])([2H])[C@@H]1C(O)O[C@H]2O[C@]3(C)O[C@@]24[C@@H](C[C@H]3O)[C@H](C)CC[C@@H]14. The molecule has 4 rings (SSSR count). The molecule has 2 bridgehead atoms. The van der Waals surface area contributed by atoms with Crippen molar-refractivity contribution in [3.63, 3.8) is 0 Å². The topological polar surface area (TPSA) is 68.2 Å². The van der Waals surface area contributed by atoms with Crippen molar-refractivity contribution in [1.29, 1.82) is 0 Å². The second-order valence-electron chi connectivity index (χ2n) is 6.99. The summed E-state index contributed by atoms with van der Waals surface area (Å²) in [4.78, 5) is 0. The van der Waals surface area contributed by atoms with Crippen LogP contribution in [0.5, 0.6) is 0 Å². The maximum absolute atomic E-state index is 10.4. The summed E-state index contributed by atoms with van der Waals surface area (Å²) in [5.74, 6) is -2.37. The van der Waals surface area contributed by atoms with Gasteiger partial charge in [0.15, 0.2) is 18.4 Å². The van der Waals surface area contributed by atoms with E-state index in [0.29, 0.717) is 12.8 Å². The number of hydrogen-bond donors (Lipinski definition) is 2. The van der Waals surface area contributed by atoms with E-state index in [0.717, 1.165) is 6.42 Å². The summed E-state index contributed by atoms with van der Waals surface area (Å²) < 4.78 is 41.2. The molecule has 1 unspecified atom stereocenters. The van der Waals surface area contributed by atoms with Crippen LogP contribution in [-0.4, -0.2) is 40.3 Å². The lowest BCUT2D eigenvalue weighted by atomic mass is 9.57. The lowest BCUT2D eigenvalue weighted by Gasteiger charge is -2.58. The molecule has 1 aliphatic carbocycles. The van der Waals surface area contributed by atoms with Gasteiger partial charge in [-0.05, 0) is 38.0 Å². The zero-order valence-corrected chi connectivity index (χ0v) is 11.8. The van der Waals surface area contributed by atoms with Crippen LogP contribution in [0.4, 0.5) is 0 Å². The van der Waals surface area contributed by atoms with Crippen LogP contribution < -0.4 is 0 Å². The van der Waals surface area contributed by atoms with Crippen molar-refractivity contribution in [2.45, 2.75) is 70.0 Å². The Morgan fingerprint density at radius 3 is 2.80 bits per heavy atom. The van der Waals surface area contributed by atoms with Gasteiger partial charge in [0, 0.05) is 15.9 Å². The molecule has 0 amide bonds. The quantitative estimate of drug-likeness (QED) is 0.701. The highest BCUT2D eigenvalue weighted by atomic mass is 16.9. The molecule has 2 N–H and O–H groups in total. The fourth-order valence-corrected chi connectivity index (χ4v) is 4.84. The van der Waals surface area contributed by atoms with Crippen LogP contribution in [0, 0.1) is 23.7 Å². The molecule has 3 aliphatic heterocycles. The van der Waals surface area contributed by atoms with Gasteiger partial charge in [-0.2, -0.15) is 0 Å². The highest BCUT2D eigenvalue weighted by Crippen LogP contribution is 2.63. The lowest BCUT2D eigenvalue weighted by Crippen LogP contribution is -2.67. The summed E-state index contributed by atoms with van der Waals surface area (Å²) in [5, 5.41) is 20.8. The van der Waals surface area contributed by atoms with E-state index in [1.807, 2.05) is 0 Å². The molecule has 4 fully saturated rings. The zero-order chi connectivity index (χ0) is 16.8. The van der Waals surface area contributed by atoms with E-state index in [1.165, 1.54) is 0 Å². The number of fused-ring (bicyclic) bond motifs is 1. The van der Waals surface area contributed by atoms with Crippen molar-refractivity contribution in [2.24, 2.45) is 23.7 Å². The molecular weight excluding hydrogens is 260 g/mol. The predicted octanol–water partition coefficient (Wildman–Crippen LogP) is 1.23. The average molecular weight is 287 g/mol. The van der Waals surface area contributed by atoms with Crippen LogP contribution in [-0.2, 0) is 14.2 Å². The van der Waals surface area contributed by atoms with Crippen LogP contribution in [0.3, 0.4) is 0 Å². The fraction of sp³-hybridized carbons (Fsp3) is 1.00. The van der Waals surface area contributed by atoms with Crippen LogP contribution in [0.1, 0.15) is 44.1 Å². The van der Waals surface area contributed by atoms with Gasteiger partial charge in [0.2, 0.25) is 0 Å². The molecular formula is C15H24O5. The van der Waals surface area contributed by atoms with E-state index >= 15 is 0 Å². The van der Waals surface area contributed by atoms with E-state index in [4.69, 9.17) is 18.3 Å². The second kappa shape index (κ2) is 3.96. The number of hydrogen-bond acceptors (Lipinski definition) is 5. The van der Waals surface area contributed by atoms with Gasteiger partial charge in [0.25, 0.3) is 0 Å². The Bertz CT molecular complexity index is 514. The molecule has 4 aliphatic rings. The molecule has 3 saturated heterocycles. The van der Waals surface area contributed by atoms with Crippen LogP contribution in [0.25, 0.3) is 0 Å². The summed E-state index contributed by atoms with van der Waals surface area (Å²) in [6.07, 6.45) is -1.06. The van der Waals surface area contributed by atoms with E-state index in [9.17, 15) is 10.2 Å². The van der Waals surface area contributed by atoms with Crippen LogP contribution in [0.15, 0.2) is 0 Å². The molecule has 3 heterocycles. The monoisotopic (exact) mass is 287 g/mol. The number of ether oxygens (including phenoxy) is 3. The van der Waals surface area contributed by atoms with Gasteiger partial charge in [-0.25, -0.2) is 0 Å². The second-order valence-corrected chi connectivity index (χ2v) is 6.99. The van der Waals surface area contributed by atoms with Crippen molar-refractivity contribution in [3.05, 3.63) is 0 Å². The minimum absolute atomic E-state index is 0.0471. The molecule has 5 nitrogen and oxygen atoms in total. The number of aliphatic hydroxyl groups excluding tert-OH is 2.